The van der Waals surface area contributed by atoms with Crippen molar-refractivity contribution in [3.8, 4) is 22.6 Å². The molecule has 0 spiro atoms. The lowest BCUT2D eigenvalue weighted by Crippen LogP contribution is -2.51. The van der Waals surface area contributed by atoms with Gasteiger partial charge in [0.2, 0.25) is 0 Å². The van der Waals surface area contributed by atoms with E-state index < -0.39 is 11.5 Å². The van der Waals surface area contributed by atoms with Gasteiger partial charge in [0, 0.05) is 34.8 Å². The molecule has 4 nitrogen and oxygen atoms in total. The molecule has 1 aliphatic carbocycles. The Bertz CT molecular complexity index is 1070. The third kappa shape index (κ3) is 4.00. The molecule has 1 atom stereocenters. The molecule has 3 aromatic carbocycles. The maximum Gasteiger partial charge on any atom is 0.324 e. The molecule has 0 aliphatic heterocycles. The largest absolute Gasteiger partial charge is 0.480 e. The molecular weight excluding hydrogens is 484 g/mol. The third-order valence-electron chi connectivity index (χ3n) is 5.33. The van der Waals surface area contributed by atoms with Crippen molar-refractivity contribution in [2.24, 2.45) is 0 Å². The van der Waals surface area contributed by atoms with E-state index in [1.807, 2.05) is 71.4 Å². The van der Waals surface area contributed by atoms with Crippen molar-refractivity contribution in [2.45, 2.75) is 24.8 Å². The number of halogens is 2. The first kappa shape index (κ1) is 19.8. The summed E-state index contributed by atoms with van der Waals surface area (Å²) in [5, 5.41) is 9.67. The Morgan fingerprint density at radius 2 is 1.90 bits per heavy atom. The molecule has 0 fully saturated rings. The quantitative estimate of drug-likeness (QED) is 0.355. The predicted molar refractivity (Wildman–Crippen MR) is 118 cm³/mol. The van der Waals surface area contributed by atoms with E-state index in [1.165, 1.54) is 12.1 Å². The summed E-state index contributed by atoms with van der Waals surface area (Å²) in [5.74, 6) is 0.0929. The van der Waals surface area contributed by atoms with Gasteiger partial charge in [-0.3, -0.25) is 4.79 Å². The van der Waals surface area contributed by atoms with Gasteiger partial charge in [-0.1, -0.05) is 36.4 Å². The molecule has 1 aliphatic rings. The Labute approximate surface area is 182 Å². The molecule has 2 N–H and O–H groups in total. The molecule has 6 heteroatoms. The summed E-state index contributed by atoms with van der Waals surface area (Å²) >= 11 is 1.92. The van der Waals surface area contributed by atoms with Gasteiger partial charge in [-0.2, -0.15) is 0 Å². The number of fused-ring (bicyclic) bond motifs is 1. The molecule has 1 unspecified atom stereocenters. The second-order valence-corrected chi connectivity index (χ2v) is 7.74. The molecular formula is C23H19FINO3. The van der Waals surface area contributed by atoms with Crippen LogP contribution >= 0.6 is 22.9 Å². The molecule has 29 heavy (non-hydrogen) atoms. The lowest BCUT2D eigenvalue weighted by Gasteiger charge is -2.33. The highest BCUT2D eigenvalue weighted by molar-refractivity contribution is 14.1. The van der Waals surface area contributed by atoms with Crippen molar-refractivity contribution in [3.63, 3.8) is 0 Å². The zero-order valence-corrected chi connectivity index (χ0v) is 17.6. The van der Waals surface area contributed by atoms with Crippen LogP contribution in [0.15, 0.2) is 66.7 Å². The summed E-state index contributed by atoms with van der Waals surface area (Å²) < 4.78 is 22.8. The van der Waals surface area contributed by atoms with Crippen LogP contribution in [0.5, 0.6) is 11.5 Å². The summed E-state index contributed by atoms with van der Waals surface area (Å²) in [6, 6.07) is 19.7. The molecule has 0 amide bonds. The van der Waals surface area contributed by atoms with Crippen LogP contribution in [0.25, 0.3) is 11.1 Å². The van der Waals surface area contributed by atoms with E-state index in [2.05, 4.69) is 3.53 Å². The van der Waals surface area contributed by atoms with Gasteiger partial charge in [0.25, 0.3) is 0 Å². The number of nitrogens with one attached hydrogen (secondary N) is 1. The second-order valence-electron chi connectivity index (χ2n) is 7.20. The second kappa shape index (κ2) is 8.12. The van der Waals surface area contributed by atoms with Crippen LogP contribution in [0.2, 0.25) is 0 Å². The first-order valence-corrected chi connectivity index (χ1v) is 10.3. The lowest BCUT2D eigenvalue weighted by atomic mass is 9.78. The first-order valence-electron chi connectivity index (χ1n) is 9.26. The number of benzene rings is 3. The molecule has 4 rings (SSSR count). The standard InChI is InChI=1S/C23H19FINO3/c24-18-5-3-4-16(12-18)20-6-1-2-7-21(20)29-19-9-8-15-10-11-23(26-25,22(27)28)14-17(15)13-19/h1-9,12-13,26H,10-11,14H2,(H,27,28). The Hall–Kier alpha value is -2.45. The number of aryl methyl sites for hydroxylation is 1. The molecule has 0 bridgehead atoms. The number of hydrogen-bond acceptors (Lipinski definition) is 3. The van der Waals surface area contributed by atoms with E-state index in [0.717, 1.165) is 22.3 Å². The van der Waals surface area contributed by atoms with Crippen molar-refractivity contribution in [3.05, 3.63) is 83.7 Å². The number of rotatable bonds is 5. The molecule has 0 heterocycles. The van der Waals surface area contributed by atoms with Crippen molar-refractivity contribution in [1.29, 1.82) is 0 Å². The lowest BCUT2D eigenvalue weighted by molar-refractivity contribution is -0.144. The minimum absolute atomic E-state index is 0.303. The SMILES string of the molecule is O=C(O)C1(NI)CCc2ccc(Oc3ccccc3-c3cccc(F)c3)cc2C1. The number of carbonyl (C=O) groups is 1. The fourth-order valence-corrected chi connectivity index (χ4v) is 4.41. The van der Waals surface area contributed by atoms with Crippen LogP contribution in [0.3, 0.4) is 0 Å². The van der Waals surface area contributed by atoms with Crippen LogP contribution in [0, 0.1) is 5.82 Å². The molecule has 148 valence electrons. The van der Waals surface area contributed by atoms with Crippen LogP contribution < -0.4 is 8.27 Å². The van der Waals surface area contributed by atoms with Crippen LogP contribution in [0.1, 0.15) is 17.5 Å². The zero-order valence-electron chi connectivity index (χ0n) is 15.5. The zero-order chi connectivity index (χ0) is 20.4. The van der Waals surface area contributed by atoms with E-state index in [1.54, 1.807) is 6.07 Å². The van der Waals surface area contributed by atoms with Crippen molar-refractivity contribution in [1.82, 2.24) is 3.53 Å². The predicted octanol–water partition coefficient (Wildman–Crippen LogP) is 5.54. The maximum atomic E-state index is 13.7. The van der Waals surface area contributed by atoms with Crippen LogP contribution in [-0.2, 0) is 17.6 Å². The fraction of sp³-hybridized carbons (Fsp3) is 0.174. The Kier molecular flexibility index (Phi) is 5.56. The van der Waals surface area contributed by atoms with Gasteiger partial charge >= 0.3 is 5.97 Å². The number of carboxylic acids is 1. The summed E-state index contributed by atoms with van der Waals surface area (Å²) in [4.78, 5) is 11.8. The normalized spacial score (nSPS) is 18.1. The molecule has 0 aromatic heterocycles. The average Bonchev–Trinajstić information content (AvgIpc) is 2.73. The molecule has 0 saturated heterocycles. The summed E-state index contributed by atoms with van der Waals surface area (Å²) in [5.41, 5.74) is 2.66. The highest BCUT2D eigenvalue weighted by Gasteiger charge is 2.40. The minimum atomic E-state index is -0.967. The topological polar surface area (TPSA) is 58.6 Å². The van der Waals surface area contributed by atoms with E-state index in [4.69, 9.17) is 4.74 Å². The highest BCUT2D eigenvalue weighted by Crippen LogP contribution is 2.36. The molecule has 0 radical (unpaired) electrons. The van der Waals surface area contributed by atoms with Crippen LogP contribution in [-0.4, -0.2) is 16.6 Å². The number of ether oxygens (including phenoxy) is 1. The van der Waals surface area contributed by atoms with E-state index >= 15 is 0 Å². The van der Waals surface area contributed by atoms with Gasteiger partial charge in [0.1, 0.15) is 22.9 Å². The number of hydrogen-bond donors (Lipinski definition) is 2. The van der Waals surface area contributed by atoms with Crippen molar-refractivity contribution >= 4 is 28.8 Å². The smallest absolute Gasteiger partial charge is 0.324 e. The van der Waals surface area contributed by atoms with E-state index in [0.29, 0.717) is 30.8 Å². The van der Waals surface area contributed by atoms with E-state index in [9.17, 15) is 14.3 Å². The Balaban J connectivity index is 1.66. The number of para-hydroxylation sites is 1. The van der Waals surface area contributed by atoms with Gasteiger partial charge < -0.3 is 9.84 Å². The average molecular weight is 503 g/mol. The first-order chi connectivity index (χ1) is 14.0. The van der Waals surface area contributed by atoms with Crippen molar-refractivity contribution < 1.29 is 19.0 Å². The number of carboxylic acid groups (broad SMARTS) is 1. The van der Waals surface area contributed by atoms with Crippen molar-refractivity contribution in [2.75, 3.05) is 0 Å². The fourth-order valence-electron chi connectivity index (χ4n) is 3.72. The third-order valence-corrected chi connectivity index (χ3v) is 6.36. The summed E-state index contributed by atoms with van der Waals surface area (Å²) in [6.45, 7) is 0. The monoisotopic (exact) mass is 503 g/mol. The van der Waals surface area contributed by atoms with Gasteiger partial charge in [-0.05, 0) is 59.9 Å². The minimum Gasteiger partial charge on any atom is -0.480 e. The Morgan fingerprint density at radius 1 is 1.07 bits per heavy atom. The highest BCUT2D eigenvalue weighted by atomic mass is 127. The van der Waals surface area contributed by atoms with E-state index in [-0.39, 0.29) is 5.82 Å². The van der Waals surface area contributed by atoms with Crippen LogP contribution in [0.4, 0.5) is 4.39 Å². The maximum absolute atomic E-state index is 13.7. The van der Waals surface area contributed by atoms with Gasteiger partial charge in [0.05, 0.1) is 0 Å². The summed E-state index contributed by atoms with van der Waals surface area (Å²) in [7, 11) is 0. The number of aliphatic carboxylic acids is 1. The van der Waals surface area contributed by atoms with Gasteiger partial charge in [-0.25, -0.2) is 7.92 Å². The summed E-state index contributed by atoms with van der Waals surface area (Å²) in [6.07, 6.45) is 1.63. The van der Waals surface area contributed by atoms with Gasteiger partial charge in [-0.15, -0.1) is 0 Å². The molecule has 3 aromatic rings. The molecule has 0 saturated carbocycles. The Morgan fingerprint density at radius 3 is 2.66 bits per heavy atom. The van der Waals surface area contributed by atoms with Gasteiger partial charge in [0.15, 0.2) is 0 Å².